The maximum atomic E-state index is 12.7. The number of rotatable bonds is 8. The molecule has 0 aromatic heterocycles. The molecule has 0 saturated carbocycles. The first-order valence-corrected chi connectivity index (χ1v) is 9.74. The van der Waals surface area contributed by atoms with Crippen LogP contribution in [0, 0.1) is 6.92 Å². The van der Waals surface area contributed by atoms with Gasteiger partial charge in [-0.15, -0.1) is 0 Å². The minimum absolute atomic E-state index is 0.242. The third kappa shape index (κ3) is 5.81. The van der Waals surface area contributed by atoms with E-state index in [-0.39, 0.29) is 11.8 Å². The number of anilines is 1. The molecular weight excluding hydrogens is 348 g/mol. The molecule has 26 heavy (non-hydrogen) atoms. The van der Waals surface area contributed by atoms with Gasteiger partial charge in [-0.2, -0.15) is 11.8 Å². The number of nitrogens with one attached hydrogen (secondary N) is 2. The number of amides is 2. The molecule has 2 rings (SSSR count). The summed E-state index contributed by atoms with van der Waals surface area (Å²) in [5.41, 5.74) is 2.18. The molecule has 2 amide bonds. The van der Waals surface area contributed by atoms with Crippen molar-refractivity contribution in [3.63, 3.8) is 0 Å². The molecule has 0 heterocycles. The highest BCUT2D eigenvalue weighted by Gasteiger charge is 2.21. The van der Waals surface area contributed by atoms with E-state index >= 15 is 0 Å². The van der Waals surface area contributed by atoms with Gasteiger partial charge in [0.2, 0.25) is 5.91 Å². The van der Waals surface area contributed by atoms with E-state index in [1.807, 2.05) is 25.3 Å². The molecule has 2 N–H and O–H groups in total. The predicted molar refractivity (Wildman–Crippen MR) is 107 cm³/mol. The van der Waals surface area contributed by atoms with Gasteiger partial charge in [0, 0.05) is 17.3 Å². The fourth-order valence-corrected chi connectivity index (χ4v) is 2.93. The molecule has 5 nitrogen and oxygen atoms in total. The number of aryl methyl sites for hydroxylation is 1. The Kier molecular flexibility index (Phi) is 7.53. The Balaban J connectivity index is 2.09. The number of carbonyl (C=O) groups excluding carboxylic acids is 2. The Hall–Kier alpha value is -2.47. The average molecular weight is 372 g/mol. The first kappa shape index (κ1) is 19.8. The van der Waals surface area contributed by atoms with Crippen molar-refractivity contribution >= 4 is 29.3 Å². The Labute approximate surface area is 158 Å². The molecule has 0 aliphatic heterocycles. The Morgan fingerprint density at radius 2 is 1.92 bits per heavy atom. The second-order valence-electron chi connectivity index (χ2n) is 5.90. The van der Waals surface area contributed by atoms with E-state index in [9.17, 15) is 9.59 Å². The molecule has 2 aromatic carbocycles. The Bertz CT molecular complexity index is 764. The van der Waals surface area contributed by atoms with E-state index < -0.39 is 6.04 Å². The molecule has 0 saturated heterocycles. The maximum Gasteiger partial charge on any atom is 0.251 e. The van der Waals surface area contributed by atoms with Crippen molar-refractivity contribution in [2.24, 2.45) is 0 Å². The molecule has 1 unspecified atom stereocenters. The summed E-state index contributed by atoms with van der Waals surface area (Å²) in [7, 11) is 1.57. The van der Waals surface area contributed by atoms with Crippen molar-refractivity contribution in [1.82, 2.24) is 5.32 Å². The van der Waals surface area contributed by atoms with E-state index in [1.54, 1.807) is 55.3 Å². The van der Waals surface area contributed by atoms with Crippen LogP contribution in [0.1, 0.15) is 22.3 Å². The van der Waals surface area contributed by atoms with Gasteiger partial charge in [0.15, 0.2) is 0 Å². The number of benzene rings is 2. The molecule has 0 fully saturated rings. The summed E-state index contributed by atoms with van der Waals surface area (Å²) in [6, 6.07) is 13.8. The van der Waals surface area contributed by atoms with Crippen molar-refractivity contribution in [3.8, 4) is 5.75 Å². The van der Waals surface area contributed by atoms with Crippen LogP contribution in [0.4, 0.5) is 5.69 Å². The first-order chi connectivity index (χ1) is 12.5. The highest BCUT2D eigenvalue weighted by Crippen LogP contribution is 2.17. The number of ether oxygens (including phenoxy) is 1. The van der Waals surface area contributed by atoms with Gasteiger partial charge in [0.1, 0.15) is 11.8 Å². The fraction of sp³-hybridized carbons (Fsp3) is 0.300. The monoisotopic (exact) mass is 372 g/mol. The van der Waals surface area contributed by atoms with Gasteiger partial charge in [-0.3, -0.25) is 9.59 Å². The van der Waals surface area contributed by atoms with Gasteiger partial charge in [0.25, 0.3) is 5.91 Å². The smallest absolute Gasteiger partial charge is 0.251 e. The van der Waals surface area contributed by atoms with Crippen molar-refractivity contribution < 1.29 is 14.3 Å². The minimum atomic E-state index is -0.610. The van der Waals surface area contributed by atoms with Crippen LogP contribution >= 0.6 is 11.8 Å². The topological polar surface area (TPSA) is 67.4 Å². The zero-order valence-electron chi connectivity index (χ0n) is 15.2. The quantitative estimate of drug-likeness (QED) is 0.744. The lowest BCUT2D eigenvalue weighted by molar-refractivity contribution is -0.118. The SMILES string of the molecule is COc1cccc(NC(=O)C(CCSC)NC(=O)c2cccc(C)c2)c1. The zero-order valence-corrected chi connectivity index (χ0v) is 16.1. The summed E-state index contributed by atoms with van der Waals surface area (Å²) in [5, 5.41) is 5.70. The zero-order chi connectivity index (χ0) is 18.9. The highest BCUT2D eigenvalue weighted by molar-refractivity contribution is 7.98. The summed E-state index contributed by atoms with van der Waals surface area (Å²) in [5.74, 6) is 0.936. The van der Waals surface area contributed by atoms with Gasteiger partial charge >= 0.3 is 0 Å². The van der Waals surface area contributed by atoms with Gasteiger partial charge < -0.3 is 15.4 Å². The van der Waals surface area contributed by atoms with Gasteiger partial charge in [0.05, 0.1) is 7.11 Å². The van der Waals surface area contributed by atoms with Crippen molar-refractivity contribution in [3.05, 3.63) is 59.7 Å². The number of hydrogen-bond donors (Lipinski definition) is 2. The number of hydrogen-bond acceptors (Lipinski definition) is 4. The van der Waals surface area contributed by atoms with E-state index in [2.05, 4.69) is 10.6 Å². The maximum absolute atomic E-state index is 12.7. The largest absolute Gasteiger partial charge is 0.497 e. The molecule has 0 radical (unpaired) electrons. The summed E-state index contributed by atoms with van der Waals surface area (Å²) >= 11 is 1.63. The van der Waals surface area contributed by atoms with Crippen molar-refractivity contribution in [2.45, 2.75) is 19.4 Å². The molecule has 1 atom stereocenters. The van der Waals surface area contributed by atoms with Crippen LogP contribution in [0.15, 0.2) is 48.5 Å². The van der Waals surface area contributed by atoms with Gasteiger partial charge in [-0.05, 0) is 49.6 Å². The normalized spacial score (nSPS) is 11.5. The van der Waals surface area contributed by atoms with Crippen LogP contribution in [-0.4, -0.2) is 37.0 Å². The van der Waals surface area contributed by atoms with Gasteiger partial charge in [-0.25, -0.2) is 0 Å². The molecular formula is C20H24N2O3S. The number of carbonyl (C=O) groups is 2. The molecule has 0 aliphatic rings. The number of methoxy groups -OCH3 is 1. The van der Waals surface area contributed by atoms with Crippen LogP contribution in [-0.2, 0) is 4.79 Å². The summed E-state index contributed by atoms with van der Waals surface area (Å²) in [6.45, 7) is 1.93. The van der Waals surface area contributed by atoms with E-state index in [4.69, 9.17) is 4.74 Å². The second-order valence-corrected chi connectivity index (χ2v) is 6.88. The molecule has 138 valence electrons. The fourth-order valence-electron chi connectivity index (χ4n) is 2.46. The van der Waals surface area contributed by atoms with E-state index in [1.165, 1.54) is 0 Å². The average Bonchev–Trinajstić information content (AvgIpc) is 2.65. The minimum Gasteiger partial charge on any atom is -0.497 e. The molecule has 2 aromatic rings. The van der Waals surface area contributed by atoms with Crippen LogP contribution in [0.25, 0.3) is 0 Å². The summed E-state index contributed by atoms with van der Waals surface area (Å²) in [6.07, 6.45) is 2.52. The summed E-state index contributed by atoms with van der Waals surface area (Å²) in [4.78, 5) is 25.2. The third-order valence-electron chi connectivity index (χ3n) is 3.85. The van der Waals surface area contributed by atoms with Crippen LogP contribution in [0.2, 0.25) is 0 Å². The third-order valence-corrected chi connectivity index (χ3v) is 4.49. The Morgan fingerprint density at radius 3 is 2.62 bits per heavy atom. The van der Waals surface area contributed by atoms with E-state index in [0.717, 1.165) is 11.3 Å². The first-order valence-electron chi connectivity index (χ1n) is 8.35. The molecule has 0 aliphatic carbocycles. The van der Waals surface area contributed by atoms with E-state index in [0.29, 0.717) is 23.4 Å². The van der Waals surface area contributed by atoms with Crippen molar-refractivity contribution in [1.29, 1.82) is 0 Å². The van der Waals surface area contributed by atoms with Crippen LogP contribution in [0.3, 0.4) is 0 Å². The second kappa shape index (κ2) is 9.87. The highest BCUT2D eigenvalue weighted by atomic mass is 32.2. The molecule has 0 spiro atoms. The van der Waals surface area contributed by atoms with Crippen LogP contribution < -0.4 is 15.4 Å². The van der Waals surface area contributed by atoms with Crippen molar-refractivity contribution in [2.75, 3.05) is 24.4 Å². The van der Waals surface area contributed by atoms with Crippen LogP contribution in [0.5, 0.6) is 5.75 Å². The predicted octanol–water partition coefficient (Wildman–Crippen LogP) is 3.49. The lowest BCUT2D eigenvalue weighted by Crippen LogP contribution is -2.44. The standard InChI is InChI=1S/C20H24N2O3S/c1-14-6-4-7-15(12-14)19(23)22-18(10-11-26-3)20(24)21-16-8-5-9-17(13-16)25-2/h4-9,12-13,18H,10-11H2,1-3H3,(H,21,24)(H,22,23). The van der Waals surface area contributed by atoms with Gasteiger partial charge in [-0.1, -0.05) is 23.8 Å². The molecule has 0 bridgehead atoms. The lowest BCUT2D eigenvalue weighted by atomic mass is 10.1. The molecule has 6 heteroatoms. The number of thioether (sulfide) groups is 1. The summed E-state index contributed by atoms with van der Waals surface area (Å²) < 4.78 is 5.17. The lowest BCUT2D eigenvalue weighted by Gasteiger charge is -2.18. The Morgan fingerprint density at radius 1 is 1.15 bits per heavy atom.